The van der Waals surface area contributed by atoms with Gasteiger partial charge in [-0.05, 0) is 56.8 Å². The Hall–Kier alpha value is -2.97. The number of nitrogens with zero attached hydrogens (tertiary/aromatic N) is 3. The van der Waals surface area contributed by atoms with Gasteiger partial charge >= 0.3 is 0 Å². The molecule has 2 heterocycles. The lowest BCUT2D eigenvalue weighted by Crippen LogP contribution is -2.39. The van der Waals surface area contributed by atoms with Crippen molar-refractivity contribution >= 4 is 41.2 Å². The number of amides is 2. The topological polar surface area (TPSA) is 122 Å². The summed E-state index contributed by atoms with van der Waals surface area (Å²) in [6.07, 6.45) is 5.24. The molecule has 2 aliphatic heterocycles. The van der Waals surface area contributed by atoms with Gasteiger partial charge in [0.05, 0.1) is 27.4 Å². The molecule has 30 heavy (non-hydrogen) atoms. The van der Waals surface area contributed by atoms with Crippen LogP contribution in [0.1, 0.15) is 40.5 Å². The van der Waals surface area contributed by atoms with E-state index in [2.05, 4.69) is 16.8 Å². The Labute approximate surface area is 179 Å². The molecule has 0 radical (unpaired) electrons. The second-order valence-electron chi connectivity index (χ2n) is 7.25. The van der Waals surface area contributed by atoms with E-state index in [-0.39, 0.29) is 33.8 Å². The van der Waals surface area contributed by atoms with Gasteiger partial charge in [-0.2, -0.15) is 0 Å². The summed E-state index contributed by atoms with van der Waals surface area (Å²) in [5.41, 5.74) is 12.1. The fourth-order valence-electron chi connectivity index (χ4n) is 3.72. The lowest BCUT2D eigenvalue weighted by molar-refractivity contribution is -0.104. The minimum Gasteiger partial charge on any atom is -0.405 e. The Kier molecular flexibility index (Phi) is 6.69. The molecule has 0 aromatic heterocycles. The predicted molar refractivity (Wildman–Crippen MR) is 116 cm³/mol. The first-order valence-electron chi connectivity index (χ1n) is 9.69. The van der Waals surface area contributed by atoms with Crippen LogP contribution in [0.25, 0.3) is 0 Å². The maximum Gasteiger partial charge on any atom is 0.261 e. The van der Waals surface area contributed by atoms with Crippen molar-refractivity contribution in [2.45, 2.75) is 25.8 Å². The molecular weight excluding hydrogens is 406 g/mol. The summed E-state index contributed by atoms with van der Waals surface area (Å²) in [5.74, 6) is -0.785. The smallest absolute Gasteiger partial charge is 0.261 e. The van der Waals surface area contributed by atoms with Gasteiger partial charge in [0.25, 0.3) is 11.8 Å². The van der Waals surface area contributed by atoms with Crippen molar-refractivity contribution in [1.29, 1.82) is 0 Å². The summed E-state index contributed by atoms with van der Waals surface area (Å²) < 4.78 is 0. The second-order valence-corrected chi connectivity index (χ2v) is 7.66. The van der Waals surface area contributed by atoms with Crippen molar-refractivity contribution in [3.05, 3.63) is 52.2 Å². The Morgan fingerprint density at radius 1 is 1.27 bits per heavy atom. The molecule has 1 aromatic rings. The van der Waals surface area contributed by atoms with Crippen molar-refractivity contribution in [2.75, 3.05) is 19.6 Å². The number of hydrogen-bond donors (Lipinski definition) is 2. The van der Waals surface area contributed by atoms with Crippen molar-refractivity contribution in [3.8, 4) is 0 Å². The SMILES string of the molecule is C[C@H]1CCCN1CCN1C(=O)c2ccc(/N=C(N)/C(C=O)=C(Cl)/C=C\N)cc2C1=O. The van der Waals surface area contributed by atoms with Crippen LogP contribution in [0.4, 0.5) is 5.69 Å². The third-order valence-electron chi connectivity index (χ3n) is 5.40. The summed E-state index contributed by atoms with van der Waals surface area (Å²) in [5, 5.41) is 0.0449. The van der Waals surface area contributed by atoms with E-state index < -0.39 is 0 Å². The molecule has 1 saturated heterocycles. The molecule has 3 rings (SSSR count). The number of allylic oxidation sites excluding steroid dienone is 2. The minimum absolute atomic E-state index is 0.0253. The van der Waals surface area contributed by atoms with Gasteiger partial charge in [0.1, 0.15) is 5.84 Å². The van der Waals surface area contributed by atoms with Crippen molar-refractivity contribution in [1.82, 2.24) is 9.80 Å². The number of rotatable bonds is 7. The van der Waals surface area contributed by atoms with Crippen LogP contribution in [-0.4, -0.2) is 59.4 Å². The first kappa shape index (κ1) is 21.7. The molecule has 0 saturated carbocycles. The summed E-state index contributed by atoms with van der Waals surface area (Å²) in [6, 6.07) is 5.07. The maximum absolute atomic E-state index is 12.8. The van der Waals surface area contributed by atoms with Crippen LogP contribution in [0.15, 0.2) is 46.1 Å². The van der Waals surface area contributed by atoms with Crippen LogP contribution >= 0.6 is 11.6 Å². The van der Waals surface area contributed by atoms with Crippen LogP contribution in [0.3, 0.4) is 0 Å². The number of fused-ring (bicyclic) bond motifs is 1. The molecular formula is C21H24ClN5O3. The van der Waals surface area contributed by atoms with Gasteiger partial charge in [-0.15, -0.1) is 0 Å². The summed E-state index contributed by atoms with van der Waals surface area (Å²) >= 11 is 5.97. The standard InChI is InChI=1S/C21H24ClN5O3/c1-13-3-2-8-26(13)9-10-27-20(29)15-5-4-14(11-16(15)21(27)30)25-19(24)17(12-28)18(22)6-7-23/h4-7,11-13H,2-3,8-10,23H2,1H3,(H2,24,25)/b7-6-,18-17-/t13-/m0/s1. The maximum atomic E-state index is 12.8. The Morgan fingerprint density at radius 3 is 2.63 bits per heavy atom. The van der Waals surface area contributed by atoms with Crippen LogP contribution in [0, 0.1) is 0 Å². The summed E-state index contributed by atoms with van der Waals surface area (Å²) in [4.78, 5) is 44.5. The van der Waals surface area contributed by atoms with Gasteiger partial charge in [-0.1, -0.05) is 11.6 Å². The molecule has 2 amide bonds. The molecule has 158 valence electrons. The molecule has 0 aliphatic carbocycles. The number of likely N-dealkylation sites (tertiary alicyclic amines) is 1. The molecule has 4 N–H and O–H groups in total. The van der Waals surface area contributed by atoms with Gasteiger partial charge in [0.15, 0.2) is 6.29 Å². The van der Waals surface area contributed by atoms with Gasteiger partial charge in [-0.3, -0.25) is 24.2 Å². The van der Waals surface area contributed by atoms with Gasteiger partial charge < -0.3 is 11.5 Å². The Balaban J connectivity index is 1.81. The third kappa shape index (κ3) is 4.29. The average molecular weight is 430 g/mol. The van der Waals surface area contributed by atoms with Crippen LogP contribution in [0.5, 0.6) is 0 Å². The number of benzene rings is 1. The lowest BCUT2D eigenvalue weighted by atomic mass is 10.1. The molecule has 0 spiro atoms. The average Bonchev–Trinajstić information content (AvgIpc) is 3.22. The highest BCUT2D eigenvalue weighted by Crippen LogP contribution is 2.28. The number of imide groups is 1. The largest absolute Gasteiger partial charge is 0.405 e. The molecule has 1 aromatic carbocycles. The molecule has 0 bridgehead atoms. The fraction of sp³-hybridized carbons (Fsp3) is 0.333. The van der Waals surface area contributed by atoms with Crippen molar-refractivity contribution < 1.29 is 14.4 Å². The number of amidine groups is 1. The Bertz CT molecular complexity index is 969. The van der Waals surface area contributed by atoms with Crippen molar-refractivity contribution in [2.24, 2.45) is 16.5 Å². The van der Waals surface area contributed by atoms with Crippen LogP contribution in [-0.2, 0) is 4.79 Å². The highest BCUT2D eigenvalue weighted by atomic mass is 35.5. The summed E-state index contributed by atoms with van der Waals surface area (Å²) in [6.45, 7) is 4.14. The zero-order valence-electron chi connectivity index (χ0n) is 16.7. The highest BCUT2D eigenvalue weighted by Gasteiger charge is 2.36. The number of aldehydes is 1. The number of nitrogens with two attached hydrogens (primary N) is 2. The number of aliphatic imine (C=N–C) groups is 1. The molecule has 0 unspecified atom stereocenters. The lowest BCUT2D eigenvalue weighted by Gasteiger charge is -2.23. The van der Waals surface area contributed by atoms with Gasteiger partial charge in [0.2, 0.25) is 0 Å². The second kappa shape index (κ2) is 9.23. The highest BCUT2D eigenvalue weighted by molar-refractivity contribution is 6.36. The molecule has 1 atom stereocenters. The van der Waals surface area contributed by atoms with Crippen molar-refractivity contribution in [3.63, 3.8) is 0 Å². The molecule has 9 heteroatoms. The van der Waals surface area contributed by atoms with E-state index in [1.165, 1.54) is 23.2 Å². The number of carbonyl (C=O) groups excluding carboxylic acids is 3. The molecule has 8 nitrogen and oxygen atoms in total. The van der Waals surface area contributed by atoms with Crippen LogP contribution < -0.4 is 11.5 Å². The fourth-order valence-corrected chi connectivity index (χ4v) is 3.93. The monoisotopic (exact) mass is 429 g/mol. The minimum atomic E-state index is -0.354. The third-order valence-corrected chi connectivity index (χ3v) is 5.73. The van der Waals surface area contributed by atoms with E-state index in [1.54, 1.807) is 12.1 Å². The van der Waals surface area contributed by atoms with E-state index in [1.807, 2.05) is 0 Å². The zero-order chi connectivity index (χ0) is 21.8. The van der Waals surface area contributed by atoms with E-state index >= 15 is 0 Å². The van der Waals surface area contributed by atoms with Gasteiger partial charge in [0, 0.05) is 19.1 Å². The first-order chi connectivity index (χ1) is 14.4. The van der Waals surface area contributed by atoms with E-state index in [0.29, 0.717) is 36.7 Å². The van der Waals surface area contributed by atoms with E-state index in [4.69, 9.17) is 23.1 Å². The summed E-state index contributed by atoms with van der Waals surface area (Å²) in [7, 11) is 0. The Morgan fingerprint density at radius 2 is 2.00 bits per heavy atom. The molecule has 1 fully saturated rings. The normalized spacial score (nSPS) is 20.8. The van der Waals surface area contributed by atoms with Gasteiger partial charge in [-0.25, -0.2) is 4.99 Å². The zero-order valence-corrected chi connectivity index (χ0v) is 17.4. The number of carbonyl (C=O) groups is 3. The van der Waals surface area contributed by atoms with E-state index in [0.717, 1.165) is 19.4 Å². The number of halogens is 1. The first-order valence-corrected chi connectivity index (χ1v) is 10.1. The van der Waals surface area contributed by atoms with E-state index in [9.17, 15) is 14.4 Å². The van der Waals surface area contributed by atoms with Crippen LogP contribution in [0.2, 0.25) is 0 Å². The molecule has 2 aliphatic rings. The quantitative estimate of drug-likeness (QED) is 0.170. The predicted octanol–water partition coefficient (Wildman–Crippen LogP) is 1.92. The number of hydrogen-bond acceptors (Lipinski definition) is 6.